The zero-order valence-corrected chi connectivity index (χ0v) is 27.1. The van der Waals surface area contributed by atoms with Crippen molar-refractivity contribution in [1.29, 1.82) is 0 Å². The molecule has 0 saturated carbocycles. The van der Waals surface area contributed by atoms with Crippen LogP contribution in [0.25, 0.3) is 0 Å². The molecule has 36 heavy (non-hydrogen) atoms. The second kappa shape index (κ2) is 31.6. The standard InChI is InChI=1S/C33H70NO.BrH/c1-4-6-8-10-12-14-16-17-18-19-20-21-23-25-27-29-31-34(3,32-33-35)30-28-26-24-22-15-13-11-9-7-5-2;/h35H,4-33H2,1-3H3;1H/q+1;/p-1. The topological polar surface area (TPSA) is 20.2 Å². The number of quaternary nitrogens is 1. The Morgan fingerprint density at radius 1 is 0.361 bits per heavy atom. The number of aliphatic hydroxyl groups is 1. The lowest BCUT2D eigenvalue weighted by Crippen LogP contribution is -3.00. The molecular formula is C33H70BrNO. The number of unbranched alkanes of at least 4 members (excludes halogenated alkanes) is 24. The first-order valence-electron chi connectivity index (χ1n) is 16.6. The van der Waals surface area contributed by atoms with Crippen LogP contribution >= 0.6 is 0 Å². The van der Waals surface area contributed by atoms with E-state index in [0.29, 0.717) is 6.61 Å². The number of hydrogen-bond acceptors (Lipinski definition) is 1. The molecule has 220 valence electrons. The Kier molecular flexibility index (Phi) is 33.9. The van der Waals surface area contributed by atoms with E-state index in [9.17, 15) is 5.11 Å². The molecule has 0 amide bonds. The van der Waals surface area contributed by atoms with Crippen molar-refractivity contribution in [2.24, 2.45) is 0 Å². The fraction of sp³-hybridized carbons (Fsp3) is 1.00. The maximum Gasteiger partial charge on any atom is 0.102 e. The summed E-state index contributed by atoms with van der Waals surface area (Å²) in [6.45, 7) is 8.40. The Balaban J connectivity index is 0. The summed E-state index contributed by atoms with van der Waals surface area (Å²) < 4.78 is 1.09. The molecule has 0 bridgehead atoms. The molecule has 0 heterocycles. The maximum absolute atomic E-state index is 9.58. The summed E-state index contributed by atoms with van der Waals surface area (Å²) >= 11 is 0. The first-order chi connectivity index (χ1) is 17.2. The zero-order valence-electron chi connectivity index (χ0n) is 25.5. The molecule has 0 aromatic rings. The summed E-state index contributed by atoms with van der Waals surface area (Å²) in [5.41, 5.74) is 0. The number of rotatable bonds is 30. The quantitative estimate of drug-likeness (QED) is 0.0689. The van der Waals surface area contributed by atoms with Crippen molar-refractivity contribution in [1.82, 2.24) is 0 Å². The van der Waals surface area contributed by atoms with Gasteiger partial charge in [-0.15, -0.1) is 0 Å². The molecule has 0 aliphatic carbocycles. The van der Waals surface area contributed by atoms with Crippen molar-refractivity contribution in [3.8, 4) is 0 Å². The van der Waals surface area contributed by atoms with Gasteiger partial charge < -0.3 is 26.6 Å². The average Bonchev–Trinajstić information content (AvgIpc) is 2.85. The first-order valence-corrected chi connectivity index (χ1v) is 16.6. The second-order valence-corrected chi connectivity index (χ2v) is 12.0. The van der Waals surface area contributed by atoms with Gasteiger partial charge in [-0.3, -0.25) is 0 Å². The van der Waals surface area contributed by atoms with Crippen molar-refractivity contribution in [2.45, 2.75) is 181 Å². The lowest BCUT2D eigenvalue weighted by molar-refractivity contribution is -0.910. The van der Waals surface area contributed by atoms with Crippen LogP contribution in [0.2, 0.25) is 0 Å². The Bertz CT molecular complexity index is 392. The number of nitrogens with zero attached hydrogens (tertiary/aromatic N) is 1. The monoisotopic (exact) mass is 575 g/mol. The van der Waals surface area contributed by atoms with Gasteiger partial charge in [0.25, 0.3) is 0 Å². The number of halogens is 1. The van der Waals surface area contributed by atoms with E-state index < -0.39 is 0 Å². The van der Waals surface area contributed by atoms with Crippen molar-refractivity contribution in [3.05, 3.63) is 0 Å². The largest absolute Gasteiger partial charge is 1.00 e. The van der Waals surface area contributed by atoms with Gasteiger partial charge in [-0.1, -0.05) is 155 Å². The van der Waals surface area contributed by atoms with Gasteiger partial charge in [0, 0.05) is 0 Å². The minimum absolute atomic E-state index is 0. The van der Waals surface area contributed by atoms with Crippen molar-refractivity contribution in [2.75, 3.05) is 33.3 Å². The minimum Gasteiger partial charge on any atom is -1.00 e. The summed E-state index contributed by atoms with van der Waals surface area (Å²) in [6, 6.07) is 0. The number of aliphatic hydroxyl groups excluding tert-OH is 1. The molecule has 0 aliphatic rings. The molecule has 1 atom stereocenters. The van der Waals surface area contributed by atoms with Gasteiger partial charge in [0.1, 0.15) is 6.54 Å². The lowest BCUT2D eigenvalue weighted by Gasteiger charge is -2.34. The number of hydrogen-bond donors (Lipinski definition) is 1. The van der Waals surface area contributed by atoms with Gasteiger partial charge in [0.05, 0.1) is 26.7 Å². The molecule has 0 aliphatic heterocycles. The van der Waals surface area contributed by atoms with Crippen molar-refractivity contribution < 1.29 is 26.6 Å². The highest BCUT2D eigenvalue weighted by Gasteiger charge is 2.19. The molecule has 0 radical (unpaired) electrons. The molecule has 0 aromatic heterocycles. The van der Waals surface area contributed by atoms with E-state index >= 15 is 0 Å². The molecular weight excluding hydrogens is 506 g/mol. The van der Waals surface area contributed by atoms with Crippen LogP contribution in [0.3, 0.4) is 0 Å². The smallest absolute Gasteiger partial charge is 0.102 e. The average molecular weight is 577 g/mol. The van der Waals surface area contributed by atoms with Gasteiger partial charge in [0.2, 0.25) is 0 Å². The summed E-state index contributed by atoms with van der Waals surface area (Å²) in [5, 5.41) is 9.58. The molecule has 0 spiro atoms. The van der Waals surface area contributed by atoms with Crippen LogP contribution in [0.5, 0.6) is 0 Å². The summed E-state index contributed by atoms with van der Waals surface area (Å²) in [4.78, 5) is 0. The maximum atomic E-state index is 9.58. The van der Waals surface area contributed by atoms with Crippen LogP contribution < -0.4 is 17.0 Å². The summed E-state index contributed by atoms with van der Waals surface area (Å²) in [5.74, 6) is 0. The molecule has 0 fully saturated rings. The molecule has 0 aromatic carbocycles. The third-order valence-corrected chi connectivity index (χ3v) is 8.24. The molecule has 0 saturated heterocycles. The van der Waals surface area contributed by atoms with E-state index in [4.69, 9.17) is 0 Å². The SMILES string of the molecule is CCCCCCCCCCCCCCCCCC[N+](C)(CCO)CCCCCCCCCCCC.[Br-]. The van der Waals surface area contributed by atoms with Gasteiger partial charge in [-0.05, 0) is 25.7 Å². The van der Waals surface area contributed by atoms with Gasteiger partial charge in [-0.2, -0.15) is 0 Å². The number of likely N-dealkylation sites (N-methyl/N-ethyl adjacent to an activating group) is 1. The Labute approximate surface area is 240 Å². The molecule has 1 N–H and O–H groups in total. The summed E-state index contributed by atoms with van der Waals surface area (Å²) in [6.07, 6.45) is 37.0. The molecule has 1 unspecified atom stereocenters. The first kappa shape index (κ1) is 38.5. The Hall–Kier alpha value is 0.400. The fourth-order valence-corrected chi connectivity index (χ4v) is 5.60. The second-order valence-electron chi connectivity index (χ2n) is 12.0. The van der Waals surface area contributed by atoms with Crippen LogP contribution in [0.15, 0.2) is 0 Å². The van der Waals surface area contributed by atoms with E-state index in [1.54, 1.807) is 0 Å². The highest BCUT2D eigenvalue weighted by atomic mass is 79.9. The van der Waals surface area contributed by atoms with Gasteiger partial charge in [0.15, 0.2) is 0 Å². The fourth-order valence-electron chi connectivity index (χ4n) is 5.60. The van der Waals surface area contributed by atoms with E-state index in [2.05, 4.69) is 20.9 Å². The highest BCUT2D eigenvalue weighted by molar-refractivity contribution is 4.52. The Morgan fingerprint density at radius 3 is 0.806 bits per heavy atom. The Morgan fingerprint density at radius 2 is 0.583 bits per heavy atom. The van der Waals surface area contributed by atoms with E-state index in [0.717, 1.165) is 11.0 Å². The predicted octanol–water partition coefficient (Wildman–Crippen LogP) is 7.61. The third kappa shape index (κ3) is 29.0. The normalized spacial score (nSPS) is 13.0. The van der Waals surface area contributed by atoms with Crippen LogP contribution in [-0.4, -0.2) is 42.9 Å². The van der Waals surface area contributed by atoms with Gasteiger partial charge >= 0.3 is 0 Å². The third-order valence-electron chi connectivity index (χ3n) is 8.24. The molecule has 2 nitrogen and oxygen atoms in total. The minimum atomic E-state index is 0. The van der Waals surface area contributed by atoms with Crippen molar-refractivity contribution in [3.63, 3.8) is 0 Å². The van der Waals surface area contributed by atoms with E-state index in [1.165, 1.54) is 180 Å². The van der Waals surface area contributed by atoms with E-state index in [1.807, 2.05) is 0 Å². The molecule has 3 heteroatoms. The highest BCUT2D eigenvalue weighted by Crippen LogP contribution is 2.16. The van der Waals surface area contributed by atoms with Gasteiger partial charge in [-0.25, -0.2) is 0 Å². The molecule has 0 rings (SSSR count). The zero-order chi connectivity index (χ0) is 25.7. The predicted molar refractivity (Wildman–Crippen MR) is 159 cm³/mol. The van der Waals surface area contributed by atoms with Crippen LogP contribution in [0, 0.1) is 0 Å². The van der Waals surface area contributed by atoms with Crippen LogP contribution in [0.1, 0.15) is 181 Å². The van der Waals surface area contributed by atoms with Crippen molar-refractivity contribution >= 4 is 0 Å². The summed E-state index contributed by atoms with van der Waals surface area (Å²) in [7, 11) is 2.38. The van der Waals surface area contributed by atoms with E-state index in [-0.39, 0.29) is 17.0 Å². The lowest BCUT2D eigenvalue weighted by atomic mass is 10.0. The van der Waals surface area contributed by atoms with Crippen LogP contribution in [0.4, 0.5) is 0 Å². The van der Waals surface area contributed by atoms with Crippen LogP contribution in [-0.2, 0) is 0 Å².